The third-order valence-electron chi connectivity index (χ3n) is 4.40. The molecule has 2 aromatic carbocycles. The number of carbonyl (C=O) groups is 1. The zero-order valence-corrected chi connectivity index (χ0v) is 17.8. The standard InChI is InChI=1S/C22H30N2O5/c1-16-7-6-8-18(13-16)29-12-11-24(2)10-9-21(25)23-17-14-19(26-3)22(28-5)20(15-17)27-4/h6-8,13-15H,9-12H2,1-5H3,(H,23,25). The SMILES string of the molecule is COc1cc(NC(=O)CCN(C)CCOc2cccc(C)c2)cc(OC)c1OC. The Morgan fingerprint density at radius 2 is 1.69 bits per heavy atom. The van der Waals surface area contributed by atoms with Crippen LogP contribution in [0, 0.1) is 6.92 Å². The van der Waals surface area contributed by atoms with Gasteiger partial charge in [0.15, 0.2) is 11.5 Å². The van der Waals surface area contributed by atoms with E-state index in [4.69, 9.17) is 18.9 Å². The molecule has 1 amide bonds. The van der Waals surface area contributed by atoms with E-state index in [1.54, 1.807) is 12.1 Å². The number of benzene rings is 2. The normalized spacial score (nSPS) is 10.6. The molecule has 0 saturated heterocycles. The van der Waals surface area contributed by atoms with Gasteiger partial charge in [0.1, 0.15) is 12.4 Å². The maximum atomic E-state index is 12.3. The lowest BCUT2D eigenvalue weighted by Gasteiger charge is -2.17. The molecule has 0 bridgehead atoms. The van der Waals surface area contributed by atoms with Crippen LogP contribution in [0.4, 0.5) is 5.69 Å². The fraction of sp³-hybridized carbons (Fsp3) is 0.409. The van der Waals surface area contributed by atoms with Crippen molar-refractivity contribution in [1.29, 1.82) is 0 Å². The molecular formula is C22H30N2O5. The van der Waals surface area contributed by atoms with E-state index in [0.717, 1.165) is 12.3 Å². The molecule has 0 heterocycles. The van der Waals surface area contributed by atoms with E-state index in [2.05, 4.69) is 10.2 Å². The van der Waals surface area contributed by atoms with Gasteiger partial charge in [0.2, 0.25) is 11.7 Å². The minimum atomic E-state index is -0.0919. The molecule has 0 spiro atoms. The molecular weight excluding hydrogens is 372 g/mol. The molecule has 0 unspecified atom stereocenters. The van der Waals surface area contributed by atoms with Gasteiger partial charge in [-0.15, -0.1) is 0 Å². The molecule has 0 radical (unpaired) electrons. The summed E-state index contributed by atoms with van der Waals surface area (Å²) in [7, 11) is 6.58. The van der Waals surface area contributed by atoms with Crippen LogP contribution in [-0.4, -0.2) is 58.9 Å². The van der Waals surface area contributed by atoms with Crippen LogP contribution in [0.25, 0.3) is 0 Å². The Kier molecular flexibility index (Phi) is 8.61. The zero-order valence-electron chi connectivity index (χ0n) is 17.8. The first-order valence-electron chi connectivity index (χ1n) is 9.44. The number of carbonyl (C=O) groups excluding carboxylic acids is 1. The summed E-state index contributed by atoms with van der Waals surface area (Å²) in [5.41, 5.74) is 1.76. The van der Waals surface area contributed by atoms with E-state index in [9.17, 15) is 4.79 Å². The van der Waals surface area contributed by atoms with Gasteiger partial charge in [-0.2, -0.15) is 0 Å². The summed E-state index contributed by atoms with van der Waals surface area (Å²) >= 11 is 0. The van der Waals surface area contributed by atoms with Crippen LogP contribution in [0.3, 0.4) is 0 Å². The first-order chi connectivity index (χ1) is 14.0. The van der Waals surface area contributed by atoms with Gasteiger partial charge in [0.25, 0.3) is 0 Å². The first-order valence-corrected chi connectivity index (χ1v) is 9.44. The van der Waals surface area contributed by atoms with Gasteiger partial charge >= 0.3 is 0 Å². The molecule has 29 heavy (non-hydrogen) atoms. The summed E-state index contributed by atoms with van der Waals surface area (Å²) in [5, 5.41) is 2.87. The minimum absolute atomic E-state index is 0.0919. The van der Waals surface area contributed by atoms with Crippen LogP contribution in [-0.2, 0) is 4.79 Å². The number of likely N-dealkylation sites (N-methyl/N-ethyl adjacent to an activating group) is 1. The second kappa shape index (κ2) is 11.2. The average molecular weight is 402 g/mol. The largest absolute Gasteiger partial charge is 0.493 e. The van der Waals surface area contributed by atoms with Crippen molar-refractivity contribution in [3.05, 3.63) is 42.0 Å². The molecule has 7 heteroatoms. The van der Waals surface area contributed by atoms with Crippen LogP contribution >= 0.6 is 0 Å². The fourth-order valence-electron chi connectivity index (χ4n) is 2.81. The van der Waals surface area contributed by atoms with Crippen molar-refractivity contribution in [2.24, 2.45) is 0 Å². The Morgan fingerprint density at radius 1 is 1.00 bits per heavy atom. The van der Waals surface area contributed by atoms with E-state index in [-0.39, 0.29) is 5.91 Å². The Hall–Kier alpha value is -2.93. The van der Waals surface area contributed by atoms with Gasteiger partial charge in [-0.1, -0.05) is 12.1 Å². The highest BCUT2D eigenvalue weighted by molar-refractivity contribution is 5.91. The second-order valence-corrected chi connectivity index (χ2v) is 6.68. The second-order valence-electron chi connectivity index (χ2n) is 6.68. The number of amides is 1. The van der Waals surface area contributed by atoms with Crippen LogP contribution in [0.15, 0.2) is 36.4 Å². The monoisotopic (exact) mass is 402 g/mol. The molecule has 7 nitrogen and oxygen atoms in total. The van der Waals surface area contributed by atoms with E-state index < -0.39 is 0 Å². The summed E-state index contributed by atoms with van der Waals surface area (Å²) in [5.74, 6) is 2.24. The highest BCUT2D eigenvalue weighted by Crippen LogP contribution is 2.39. The number of methoxy groups -OCH3 is 3. The Bertz CT molecular complexity index is 785. The number of nitrogens with zero attached hydrogens (tertiary/aromatic N) is 1. The maximum Gasteiger partial charge on any atom is 0.225 e. The van der Waals surface area contributed by atoms with Gasteiger partial charge in [-0.05, 0) is 31.7 Å². The van der Waals surface area contributed by atoms with Gasteiger partial charge < -0.3 is 29.2 Å². The quantitative estimate of drug-likeness (QED) is 0.622. The molecule has 0 aliphatic heterocycles. The number of ether oxygens (including phenoxy) is 4. The van der Waals surface area contributed by atoms with Crippen molar-refractivity contribution in [1.82, 2.24) is 4.90 Å². The third-order valence-corrected chi connectivity index (χ3v) is 4.40. The Balaban J connectivity index is 1.80. The molecule has 2 aromatic rings. The number of hydrogen-bond donors (Lipinski definition) is 1. The number of anilines is 1. The summed E-state index contributed by atoms with van der Waals surface area (Å²) in [6.45, 7) is 3.94. The highest BCUT2D eigenvalue weighted by Gasteiger charge is 2.14. The molecule has 0 atom stereocenters. The molecule has 0 saturated carbocycles. The van der Waals surface area contributed by atoms with Crippen molar-refractivity contribution in [3.63, 3.8) is 0 Å². The Labute approximate surface area is 172 Å². The fourth-order valence-corrected chi connectivity index (χ4v) is 2.81. The molecule has 158 valence electrons. The minimum Gasteiger partial charge on any atom is -0.493 e. The number of hydrogen-bond acceptors (Lipinski definition) is 6. The lowest BCUT2D eigenvalue weighted by atomic mass is 10.2. The van der Waals surface area contributed by atoms with Crippen LogP contribution < -0.4 is 24.3 Å². The van der Waals surface area contributed by atoms with E-state index in [1.165, 1.54) is 26.9 Å². The smallest absolute Gasteiger partial charge is 0.225 e. The zero-order chi connectivity index (χ0) is 21.2. The van der Waals surface area contributed by atoms with Gasteiger partial charge in [0.05, 0.1) is 21.3 Å². The molecule has 0 aliphatic rings. The summed E-state index contributed by atoms with van der Waals surface area (Å²) in [4.78, 5) is 14.4. The molecule has 1 N–H and O–H groups in total. The van der Waals surface area contributed by atoms with E-state index >= 15 is 0 Å². The van der Waals surface area contributed by atoms with Gasteiger partial charge in [-0.3, -0.25) is 4.79 Å². The number of nitrogens with one attached hydrogen (secondary N) is 1. The Morgan fingerprint density at radius 3 is 2.28 bits per heavy atom. The first kappa shape index (κ1) is 22.4. The van der Waals surface area contributed by atoms with Crippen molar-refractivity contribution in [3.8, 4) is 23.0 Å². The van der Waals surface area contributed by atoms with Crippen LogP contribution in [0.2, 0.25) is 0 Å². The van der Waals surface area contributed by atoms with Gasteiger partial charge in [-0.25, -0.2) is 0 Å². The van der Waals surface area contributed by atoms with Crippen molar-refractivity contribution in [2.45, 2.75) is 13.3 Å². The van der Waals surface area contributed by atoms with Crippen molar-refractivity contribution >= 4 is 11.6 Å². The molecule has 0 fully saturated rings. The van der Waals surface area contributed by atoms with E-state index in [1.807, 2.05) is 38.2 Å². The molecule has 0 aromatic heterocycles. The summed E-state index contributed by atoms with van der Waals surface area (Å²) in [6, 6.07) is 11.4. The van der Waals surface area contributed by atoms with Gasteiger partial charge in [0, 0.05) is 37.3 Å². The van der Waals surface area contributed by atoms with Crippen molar-refractivity contribution in [2.75, 3.05) is 53.4 Å². The summed E-state index contributed by atoms with van der Waals surface area (Å²) in [6.07, 6.45) is 0.359. The van der Waals surface area contributed by atoms with Crippen LogP contribution in [0.5, 0.6) is 23.0 Å². The number of rotatable bonds is 11. The lowest BCUT2D eigenvalue weighted by Crippen LogP contribution is -2.28. The number of aryl methyl sites for hydroxylation is 1. The average Bonchev–Trinajstić information content (AvgIpc) is 2.71. The lowest BCUT2D eigenvalue weighted by molar-refractivity contribution is -0.116. The van der Waals surface area contributed by atoms with Crippen LogP contribution in [0.1, 0.15) is 12.0 Å². The maximum absolute atomic E-state index is 12.3. The topological polar surface area (TPSA) is 69.3 Å². The molecule has 2 rings (SSSR count). The molecule has 0 aliphatic carbocycles. The van der Waals surface area contributed by atoms with E-state index in [0.29, 0.717) is 42.5 Å². The predicted molar refractivity (Wildman–Crippen MR) is 114 cm³/mol. The summed E-state index contributed by atoms with van der Waals surface area (Å²) < 4.78 is 21.7. The highest BCUT2D eigenvalue weighted by atomic mass is 16.5. The van der Waals surface area contributed by atoms with Crippen molar-refractivity contribution < 1.29 is 23.7 Å². The third kappa shape index (κ3) is 6.87. The predicted octanol–water partition coefficient (Wildman–Crippen LogP) is 3.36.